The van der Waals surface area contributed by atoms with Crippen LogP contribution in [-0.2, 0) is 47.0 Å². The molecule has 2 unspecified atom stereocenters. The summed E-state index contributed by atoms with van der Waals surface area (Å²) in [6, 6.07) is 4.48. The number of Topliss-reactive ketones (excluding diaryl/α,β-unsaturated/α-hetero) is 2. The Kier molecular flexibility index (Phi) is 27.6. The molecule has 3 fully saturated rings. The van der Waals surface area contributed by atoms with E-state index in [1.807, 2.05) is 78.0 Å². The third-order valence-electron chi connectivity index (χ3n) is 19.0. The minimum absolute atomic E-state index is 0.0129. The molecule has 2 bridgehead atoms. The van der Waals surface area contributed by atoms with Gasteiger partial charge in [-0.15, -0.1) is 0 Å². The summed E-state index contributed by atoms with van der Waals surface area (Å²) in [6.45, 7) is 26.5. The van der Waals surface area contributed by atoms with Crippen LogP contribution < -0.4 is 0 Å². The van der Waals surface area contributed by atoms with E-state index in [0.29, 0.717) is 50.5 Å². The first-order valence-electron chi connectivity index (χ1n) is 30.4. The van der Waals surface area contributed by atoms with Gasteiger partial charge in [-0.3, -0.25) is 14.4 Å². The Hall–Kier alpha value is -2.65. The van der Waals surface area contributed by atoms with Crippen molar-refractivity contribution in [3.8, 4) is 0 Å². The summed E-state index contributed by atoms with van der Waals surface area (Å²) in [7, 11) is -0.941. The Morgan fingerprint density at radius 1 is 0.744 bits per heavy atom. The van der Waals surface area contributed by atoms with Gasteiger partial charge in [0.2, 0.25) is 5.79 Å². The molecule has 16 heteroatoms. The van der Waals surface area contributed by atoms with Gasteiger partial charge in [-0.2, -0.15) is 0 Å². The van der Waals surface area contributed by atoms with Crippen molar-refractivity contribution in [1.82, 2.24) is 4.90 Å². The van der Waals surface area contributed by atoms with Gasteiger partial charge in [-0.05, 0) is 143 Å². The largest absolute Gasteiger partial charge is 0.460 e. The molecule has 3 N–H and O–H groups in total. The van der Waals surface area contributed by atoms with Crippen molar-refractivity contribution in [3.63, 3.8) is 0 Å². The van der Waals surface area contributed by atoms with E-state index in [-0.39, 0.29) is 55.1 Å². The fourth-order valence-electron chi connectivity index (χ4n) is 12.9. The Morgan fingerprint density at radius 3 is 2.00 bits per heavy atom. The molecule has 1 saturated carbocycles. The van der Waals surface area contributed by atoms with E-state index in [1.54, 1.807) is 21.1 Å². The lowest BCUT2D eigenvalue weighted by atomic mass is 9.78. The number of rotatable bonds is 15. The molecule has 0 spiro atoms. The van der Waals surface area contributed by atoms with E-state index in [0.717, 1.165) is 61.1 Å². The van der Waals surface area contributed by atoms with Crippen LogP contribution in [0.3, 0.4) is 0 Å². The standard InChI is InChI=1S/C62H107NO13Si2/c1-16-77(17-2,18-3)75-52-33-31-48(38-55(52)72-15)37-44(10)54-40-51(64)43(9)36-46(12)58(76-78(19-4,20-5)21-6)57(66)56(65)45(11)35-41(7)27-23-22-24-28-42(8)53(71-14)39-49-32-30-47(13)62(70,74-49)59(67)60(68)63-34-26-25-29-50(63)61(69)73-54/h22-24,27-28,36,41,43-45,47-55,57-58,64,66,70H,16-21,25-26,29-35,37-40H2,1-15H3/b24-22+,27-23+,42-28+,46-36+/t41-,43-,44-,45-,47-,48+,49+,50+,51-,52?,53+,54+,55-,57+,58?,62-/m1/s1. The van der Waals surface area contributed by atoms with Crippen LogP contribution in [-0.4, -0.2) is 142 Å². The van der Waals surface area contributed by atoms with Gasteiger partial charge < -0.3 is 48.0 Å². The molecule has 2 saturated heterocycles. The number of aliphatic hydroxyl groups is 3. The highest BCUT2D eigenvalue weighted by molar-refractivity contribution is 6.74. The SMILES string of the molecule is CC[Si](CC)(CC)OC1CC[C@@H](C[C@@H](C)[C@@H]2C[C@@H](O)[C@H](C)/C=C(\C)C(O[Si](CC)(CC)CC)[C@@H](O)C(=O)[C@H](C)C[C@H](C)/C=C/C=C/C=C(\C)[C@@H](OC)C[C@@H]3CC[C@@H](C)[C@@](O)(O3)C(=O)C(=O)N3CCCC[C@H]3C(=O)O2)C[C@H]1OC. The van der Waals surface area contributed by atoms with Crippen molar-refractivity contribution >= 4 is 40.1 Å². The van der Waals surface area contributed by atoms with Gasteiger partial charge in [0.1, 0.15) is 18.2 Å². The number of allylic oxidation sites excluding steroid dienone is 5. The van der Waals surface area contributed by atoms with Crippen molar-refractivity contribution in [1.29, 1.82) is 0 Å². The molecular formula is C62H107NO13Si2. The number of nitrogens with zero attached hydrogens (tertiary/aromatic N) is 1. The third-order valence-corrected chi connectivity index (χ3v) is 28.3. The van der Waals surface area contributed by atoms with Gasteiger partial charge in [0.05, 0.1) is 36.6 Å². The van der Waals surface area contributed by atoms with Crippen LogP contribution >= 0.6 is 0 Å². The molecule has 4 aliphatic rings. The van der Waals surface area contributed by atoms with E-state index in [1.165, 1.54) is 4.90 Å². The monoisotopic (exact) mass is 1130 g/mol. The first-order valence-corrected chi connectivity index (χ1v) is 35.5. The smallest absolute Gasteiger partial charge is 0.329 e. The molecule has 0 radical (unpaired) electrons. The molecule has 0 aromatic heterocycles. The van der Waals surface area contributed by atoms with Crippen molar-refractivity contribution in [3.05, 3.63) is 47.6 Å². The fraction of sp³-hybridized carbons (Fsp3) is 0.806. The van der Waals surface area contributed by atoms with E-state index in [2.05, 4.69) is 41.5 Å². The van der Waals surface area contributed by atoms with E-state index in [9.17, 15) is 34.5 Å². The lowest BCUT2D eigenvalue weighted by Gasteiger charge is -2.43. The van der Waals surface area contributed by atoms with Crippen molar-refractivity contribution in [2.24, 2.45) is 35.5 Å². The number of piperidine rings is 1. The lowest BCUT2D eigenvalue weighted by molar-refractivity contribution is -0.265. The van der Waals surface area contributed by atoms with Crippen LogP contribution in [0.1, 0.15) is 167 Å². The predicted molar refractivity (Wildman–Crippen MR) is 313 cm³/mol. The molecule has 3 heterocycles. The maximum absolute atomic E-state index is 14.8. The first-order chi connectivity index (χ1) is 36.9. The van der Waals surface area contributed by atoms with Crippen molar-refractivity contribution in [2.45, 2.75) is 264 Å². The Labute approximate surface area is 473 Å². The number of esters is 1. The quantitative estimate of drug-likeness (QED) is 0.0609. The second-order valence-electron chi connectivity index (χ2n) is 24.3. The number of ketones is 2. The average Bonchev–Trinajstić information content (AvgIpc) is 3.50. The van der Waals surface area contributed by atoms with Crippen LogP contribution in [0.2, 0.25) is 36.3 Å². The fourth-order valence-corrected chi connectivity index (χ4v) is 18.7. The molecule has 3 aliphatic heterocycles. The number of amides is 1. The van der Waals surface area contributed by atoms with Gasteiger partial charge in [0.15, 0.2) is 22.4 Å². The molecule has 446 valence electrons. The number of carbonyl (C=O) groups excluding carboxylic acids is 4. The number of hydrogen-bond acceptors (Lipinski definition) is 13. The zero-order valence-corrected chi connectivity index (χ0v) is 52.9. The van der Waals surface area contributed by atoms with E-state index in [4.69, 9.17) is 27.8 Å². The molecular weight excluding hydrogens is 1020 g/mol. The number of fused-ring (bicyclic) bond motifs is 3. The number of hydrogen-bond donors (Lipinski definition) is 3. The summed E-state index contributed by atoms with van der Waals surface area (Å²) < 4.78 is 38.9. The summed E-state index contributed by atoms with van der Waals surface area (Å²) in [6.07, 6.45) is 12.9. The van der Waals surface area contributed by atoms with Crippen LogP contribution in [0, 0.1) is 35.5 Å². The van der Waals surface area contributed by atoms with Crippen molar-refractivity contribution in [2.75, 3.05) is 20.8 Å². The maximum atomic E-state index is 14.8. The molecule has 1 aliphatic carbocycles. The topological polar surface area (TPSA) is 188 Å². The first kappa shape index (κ1) is 67.9. The van der Waals surface area contributed by atoms with E-state index >= 15 is 0 Å². The Bertz CT molecular complexity index is 2020. The van der Waals surface area contributed by atoms with E-state index < -0.39 is 101 Å². The highest BCUT2D eigenvalue weighted by Crippen LogP contribution is 2.40. The normalized spacial score (nSPS) is 37.1. The van der Waals surface area contributed by atoms with Gasteiger partial charge in [0, 0.05) is 51.4 Å². The minimum atomic E-state index is -2.42. The number of ether oxygens (including phenoxy) is 4. The average molecular weight is 1130 g/mol. The highest BCUT2D eigenvalue weighted by Gasteiger charge is 2.53. The zero-order chi connectivity index (χ0) is 58.1. The second kappa shape index (κ2) is 31.7. The van der Waals surface area contributed by atoms with Crippen LogP contribution in [0.5, 0.6) is 0 Å². The third kappa shape index (κ3) is 17.7. The number of aliphatic hydroxyl groups excluding tert-OH is 2. The molecule has 4 rings (SSSR count). The summed E-state index contributed by atoms with van der Waals surface area (Å²) in [5.74, 6) is -7.15. The van der Waals surface area contributed by atoms with Gasteiger partial charge in [-0.25, -0.2) is 4.79 Å². The summed E-state index contributed by atoms with van der Waals surface area (Å²) in [4.78, 5) is 59.4. The molecule has 14 nitrogen and oxygen atoms in total. The highest BCUT2D eigenvalue weighted by atomic mass is 28.4. The molecule has 0 aromatic rings. The van der Waals surface area contributed by atoms with Gasteiger partial charge in [-0.1, -0.05) is 113 Å². The molecule has 0 aromatic carbocycles. The molecule has 1 amide bonds. The second-order valence-corrected chi connectivity index (χ2v) is 33.7. The molecule has 78 heavy (non-hydrogen) atoms. The maximum Gasteiger partial charge on any atom is 0.329 e. The zero-order valence-electron chi connectivity index (χ0n) is 50.9. The van der Waals surface area contributed by atoms with Gasteiger partial charge in [0.25, 0.3) is 11.7 Å². The number of carbonyl (C=O) groups is 4. The minimum Gasteiger partial charge on any atom is -0.460 e. The summed E-state index contributed by atoms with van der Waals surface area (Å²) >= 11 is 0. The predicted octanol–water partition coefficient (Wildman–Crippen LogP) is 11.4. The summed E-state index contributed by atoms with van der Waals surface area (Å²) in [5, 5.41) is 36.5. The van der Waals surface area contributed by atoms with Gasteiger partial charge >= 0.3 is 5.97 Å². The van der Waals surface area contributed by atoms with Crippen molar-refractivity contribution < 1.29 is 62.3 Å². The summed E-state index contributed by atoms with van der Waals surface area (Å²) in [5.41, 5.74) is 1.55. The Balaban J connectivity index is 1.78. The Morgan fingerprint density at radius 2 is 1.38 bits per heavy atom. The van der Waals surface area contributed by atoms with Crippen LogP contribution in [0.25, 0.3) is 0 Å². The van der Waals surface area contributed by atoms with Crippen LogP contribution in [0.15, 0.2) is 47.6 Å². The number of cyclic esters (lactones) is 1. The lowest BCUT2D eigenvalue weighted by Crippen LogP contribution is -2.61. The molecule has 16 atom stereocenters. The number of methoxy groups -OCH3 is 2. The van der Waals surface area contributed by atoms with Crippen LogP contribution in [0.4, 0.5) is 0 Å².